The van der Waals surface area contributed by atoms with Crippen molar-refractivity contribution >= 4 is 16.6 Å². The quantitative estimate of drug-likeness (QED) is 0.736. The number of anilines is 1. The molecule has 0 aliphatic carbocycles. The standard InChI is InChI=1S/C17H18N2O/c1-12-10-19(16-6-4-3-5-14(12)16)11-13-7-8-17(20-2)15(18)9-13/h3-10H,11,18H2,1-2H3. The number of methoxy groups -OCH3 is 1. The average Bonchev–Trinajstić information content (AvgIpc) is 2.76. The maximum atomic E-state index is 5.97. The maximum absolute atomic E-state index is 5.97. The number of hydrogen-bond acceptors (Lipinski definition) is 2. The van der Waals surface area contributed by atoms with Crippen LogP contribution in [-0.4, -0.2) is 11.7 Å². The van der Waals surface area contributed by atoms with Gasteiger partial charge in [-0.3, -0.25) is 0 Å². The first-order valence-corrected chi connectivity index (χ1v) is 6.66. The lowest BCUT2D eigenvalue weighted by Crippen LogP contribution is -2.00. The molecule has 3 rings (SSSR count). The predicted molar refractivity (Wildman–Crippen MR) is 83.2 cm³/mol. The number of aromatic nitrogens is 1. The van der Waals surface area contributed by atoms with Gasteiger partial charge in [0.25, 0.3) is 0 Å². The molecular weight excluding hydrogens is 248 g/mol. The Balaban J connectivity index is 1.99. The maximum Gasteiger partial charge on any atom is 0.141 e. The Bertz CT molecular complexity index is 759. The van der Waals surface area contributed by atoms with Crippen molar-refractivity contribution in [3.05, 3.63) is 59.8 Å². The summed E-state index contributed by atoms with van der Waals surface area (Å²) < 4.78 is 7.45. The van der Waals surface area contributed by atoms with Crippen LogP contribution in [0.1, 0.15) is 11.1 Å². The van der Waals surface area contributed by atoms with E-state index in [0.29, 0.717) is 5.69 Å². The molecular formula is C17H18N2O. The van der Waals surface area contributed by atoms with Crippen LogP contribution in [0.3, 0.4) is 0 Å². The zero-order valence-electron chi connectivity index (χ0n) is 11.8. The van der Waals surface area contributed by atoms with Gasteiger partial charge in [-0.25, -0.2) is 0 Å². The number of nitrogens with zero attached hydrogens (tertiary/aromatic N) is 1. The van der Waals surface area contributed by atoms with Crippen LogP contribution >= 0.6 is 0 Å². The van der Waals surface area contributed by atoms with E-state index in [1.54, 1.807) is 7.11 Å². The highest BCUT2D eigenvalue weighted by molar-refractivity contribution is 5.83. The van der Waals surface area contributed by atoms with Crippen LogP contribution in [0.25, 0.3) is 10.9 Å². The molecule has 20 heavy (non-hydrogen) atoms. The average molecular weight is 266 g/mol. The number of ether oxygens (including phenoxy) is 1. The first kappa shape index (κ1) is 12.6. The topological polar surface area (TPSA) is 40.2 Å². The molecule has 0 unspecified atom stereocenters. The summed E-state index contributed by atoms with van der Waals surface area (Å²) in [5, 5.41) is 1.30. The largest absolute Gasteiger partial charge is 0.495 e. The summed E-state index contributed by atoms with van der Waals surface area (Å²) in [5.74, 6) is 0.724. The smallest absolute Gasteiger partial charge is 0.141 e. The van der Waals surface area contributed by atoms with E-state index in [1.807, 2.05) is 12.1 Å². The van der Waals surface area contributed by atoms with Crippen molar-refractivity contribution in [2.75, 3.05) is 12.8 Å². The van der Waals surface area contributed by atoms with E-state index in [2.05, 4.69) is 48.0 Å². The lowest BCUT2D eigenvalue weighted by Gasteiger charge is -2.09. The molecule has 3 aromatic rings. The third-order valence-electron chi connectivity index (χ3n) is 3.63. The fourth-order valence-corrected chi connectivity index (χ4v) is 2.64. The van der Waals surface area contributed by atoms with Crippen molar-refractivity contribution in [2.24, 2.45) is 0 Å². The summed E-state index contributed by atoms with van der Waals surface area (Å²) in [6, 6.07) is 14.4. The monoisotopic (exact) mass is 266 g/mol. The third-order valence-corrected chi connectivity index (χ3v) is 3.63. The van der Waals surface area contributed by atoms with Gasteiger partial charge in [0.2, 0.25) is 0 Å². The third kappa shape index (κ3) is 2.11. The molecule has 0 saturated heterocycles. The van der Waals surface area contributed by atoms with Gasteiger partial charge < -0.3 is 15.0 Å². The van der Waals surface area contributed by atoms with Gasteiger partial charge in [0.15, 0.2) is 0 Å². The van der Waals surface area contributed by atoms with Gasteiger partial charge in [0.1, 0.15) is 5.75 Å². The van der Waals surface area contributed by atoms with Crippen LogP contribution < -0.4 is 10.5 Å². The van der Waals surface area contributed by atoms with Crippen LogP contribution in [0.4, 0.5) is 5.69 Å². The first-order valence-electron chi connectivity index (χ1n) is 6.66. The Morgan fingerprint density at radius 3 is 2.70 bits per heavy atom. The Hall–Kier alpha value is -2.42. The number of nitrogens with two attached hydrogens (primary N) is 1. The second kappa shape index (κ2) is 4.93. The fraction of sp³-hybridized carbons (Fsp3) is 0.176. The Labute approximate surface area is 118 Å². The number of aryl methyl sites for hydroxylation is 1. The van der Waals surface area contributed by atoms with Crippen molar-refractivity contribution in [3.8, 4) is 5.75 Å². The predicted octanol–water partition coefficient (Wildman–Crippen LogP) is 3.59. The number of hydrogen-bond donors (Lipinski definition) is 1. The minimum absolute atomic E-state index is 0.679. The highest BCUT2D eigenvalue weighted by atomic mass is 16.5. The molecule has 0 aliphatic rings. The van der Waals surface area contributed by atoms with Crippen molar-refractivity contribution in [3.63, 3.8) is 0 Å². The molecule has 0 saturated carbocycles. The second-order valence-electron chi connectivity index (χ2n) is 5.03. The highest BCUT2D eigenvalue weighted by Crippen LogP contribution is 2.25. The Morgan fingerprint density at radius 1 is 1.15 bits per heavy atom. The van der Waals surface area contributed by atoms with Gasteiger partial charge >= 0.3 is 0 Å². The summed E-state index contributed by atoms with van der Waals surface area (Å²) in [6.07, 6.45) is 2.19. The van der Waals surface area contributed by atoms with Crippen LogP contribution in [-0.2, 0) is 6.54 Å². The first-order chi connectivity index (χ1) is 9.69. The summed E-state index contributed by atoms with van der Waals surface area (Å²) in [6.45, 7) is 2.95. The molecule has 0 bridgehead atoms. The van der Waals surface area contributed by atoms with Crippen molar-refractivity contribution in [2.45, 2.75) is 13.5 Å². The lowest BCUT2D eigenvalue weighted by atomic mass is 10.2. The SMILES string of the molecule is COc1ccc(Cn2cc(C)c3ccccc32)cc1N. The van der Waals surface area contributed by atoms with Crippen molar-refractivity contribution in [1.29, 1.82) is 0 Å². The van der Waals surface area contributed by atoms with Crippen LogP contribution in [0, 0.1) is 6.92 Å². The molecule has 0 spiro atoms. The normalized spacial score (nSPS) is 10.9. The van der Waals surface area contributed by atoms with Crippen molar-refractivity contribution in [1.82, 2.24) is 4.57 Å². The molecule has 3 heteroatoms. The number of para-hydroxylation sites is 1. The van der Waals surface area contributed by atoms with E-state index in [4.69, 9.17) is 10.5 Å². The summed E-state index contributed by atoms with van der Waals surface area (Å²) >= 11 is 0. The van der Waals surface area contributed by atoms with E-state index < -0.39 is 0 Å². The number of rotatable bonds is 3. The molecule has 102 valence electrons. The van der Waals surface area contributed by atoms with Gasteiger partial charge in [-0.2, -0.15) is 0 Å². The second-order valence-corrected chi connectivity index (χ2v) is 5.03. The molecule has 0 amide bonds. The molecule has 3 nitrogen and oxygen atoms in total. The zero-order chi connectivity index (χ0) is 14.1. The molecule has 2 N–H and O–H groups in total. The van der Waals surface area contributed by atoms with Gasteiger partial charge in [0.05, 0.1) is 12.8 Å². The van der Waals surface area contributed by atoms with Crippen LogP contribution in [0.2, 0.25) is 0 Å². The van der Waals surface area contributed by atoms with Gasteiger partial charge in [-0.15, -0.1) is 0 Å². The van der Waals surface area contributed by atoms with Crippen molar-refractivity contribution < 1.29 is 4.74 Å². The van der Waals surface area contributed by atoms with Crippen LogP contribution in [0.15, 0.2) is 48.7 Å². The zero-order valence-corrected chi connectivity index (χ0v) is 11.8. The minimum atomic E-state index is 0.679. The van der Waals surface area contributed by atoms with Crippen LogP contribution in [0.5, 0.6) is 5.75 Å². The van der Waals surface area contributed by atoms with Gasteiger partial charge in [-0.1, -0.05) is 24.3 Å². The van der Waals surface area contributed by atoms with Gasteiger partial charge in [-0.05, 0) is 36.2 Å². The summed E-state index contributed by atoms with van der Waals surface area (Å²) in [5.41, 5.74) is 10.4. The number of benzene rings is 2. The van der Waals surface area contributed by atoms with E-state index in [1.165, 1.54) is 22.0 Å². The van der Waals surface area contributed by atoms with E-state index >= 15 is 0 Å². The molecule has 2 aromatic carbocycles. The van der Waals surface area contributed by atoms with E-state index in [-0.39, 0.29) is 0 Å². The van der Waals surface area contributed by atoms with E-state index in [9.17, 15) is 0 Å². The molecule has 1 heterocycles. The Morgan fingerprint density at radius 2 is 1.95 bits per heavy atom. The number of nitrogen functional groups attached to an aromatic ring is 1. The minimum Gasteiger partial charge on any atom is -0.495 e. The molecule has 0 aliphatic heterocycles. The fourth-order valence-electron chi connectivity index (χ4n) is 2.64. The van der Waals surface area contributed by atoms with Gasteiger partial charge in [0, 0.05) is 23.6 Å². The lowest BCUT2D eigenvalue weighted by molar-refractivity contribution is 0.417. The Kier molecular flexibility index (Phi) is 3.11. The summed E-state index contributed by atoms with van der Waals surface area (Å²) in [7, 11) is 1.63. The number of fused-ring (bicyclic) bond motifs is 1. The summed E-state index contributed by atoms with van der Waals surface area (Å²) in [4.78, 5) is 0. The molecule has 0 radical (unpaired) electrons. The molecule has 0 atom stereocenters. The van der Waals surface area contributed by atoms with E-state index in [0.717, 1.165) is 12.3 Å². The molecule has 1 aromatic heterocycles. The molecule has 0 fully saturated rings. The highest BCUT2D eigenvalue weighted by Gasteiger charge is 2.06.